The van der Waals surface area contributed by atoms with E-state index in [-0.39, 0.29) is 39.0 Å². The van der Waals surface area contributed by atoms with Crippen LogP contribution in [0.1, 0.15) is 5.56 Å². The van der Waals surface area contributed by atoms with Gasteiger partial charge >= 0.3 is 11.7 Å². The summed E-state index contributed by atoms with van der Waals surface area (Å²) in [4.78, 5) is 0.990. The standard InChI is InChI=1S/C16H12ClF6N3S/c1-26(13-8-11(5-6-12(13)17)27-16(21,22)23)14(24)25-10-4-2-3-9(7-10)15(18,19)20/h2-8H,1H3,(H2,24,25). The van der Waals surface area contributed by atoms with Crippen LogP contribution in [0.5, 0.6) is 0 Å². The Kier molecular flexibility index (Phi) is 6.21. The molecule has 0 atom stereocenters. The molecule has 27 heavy (non-hydrogen) atoms. The van der Waals surface area contributed by atoms with Crippen LogP contribution >= 0.6 is 23.4 Å². The van der Waals surface area contributed by atoms with Crippen LogP contribution in [-0.2, 0) is 6.18 Å². The minimum Gasteiger partial charge on any atom is -0.326 e. The normalized spacial score (nSPS) is 12.0. The molecule has 0 aliphatic heterocycles. The second kappa shape index (κ2) is 7.89. The van der Waals surface area contributed by atoms with Crippen molar-refractivity contribution >= 4 is 40.7 Å². The first-order valence-corrected chi connectivity index (χ1v) is 8.38. The van der Waals surface area contributed by atoms with Crippen molar-refractivity contribution in [3.05, 3.63) is 53.1 Å². The Morgan fingerprint density at radius 1 is 1.07 bits per heavy atom. The molecule has 2 aromatic rings. The first-order valence-electron chi connectivity index (χ1n) is 7.18. The van der Waals surface area contributed by atoms with E-state index in [0.29, 0.717) is 0 Å². The maximum Gasteiger partial charge on any atom is 0.446 e. The third kappa shape index (κ3) is 5.96. The molecule has 0 aromatic heterocycles. The van der Waals surface area contributed by atoms with Crippen LogP contribution in [0.4, 0.5) is 37.7 Å². The zero-order valence-corrected chi connectivity index (χ0v) is 15.1. The minimum absolute atomic E-state index is 0.00128. The van der Waals surface area contributed by atoms with Gasteiger partial charge in [0.25, 0.3) is 0 Å². The van der Waals surface area contributed by atoms with Crippen molar-refractivity contribution < 1.29 is 26.3 Å². The minimum atomic E-state index is -4.54. The average molecular weight is 428 g/mol. The average Bonchev–Trinajstić information content (AvgIpc) is 2.54. The highest BCUT2D eigenvalue weighted by atomic mass is 35.5. The van der Waals surface area contributed by atoms with Crippen LogP contribution in [0.2, 0.25) is 5.02 Å². The van der Waals surface area contributed by atoms with E-state index < -0.39 is 17.2 Å². The van der Waals surface area contributed by atoms with Gasteiger partial charge in [0.2, 0.25) is 0 Å². The zero-order valence-electron chi connectivity index (χ0n) is 13.5. The highest BCUT2D eigenvalue weighted by molar-refractivity contribution is 8.00. The molecule has 0 radical (unpaired) electrons. The van der Waals surface area contributed by atoms with Crippen LogP contribution in [0, 0.1) is 5.41 Å². The molecule has 2 rings (SSSR count). The molecule has 3 nitrogen and oxygen atoms in total. The first-order chi connectivity index (χ1) is 12.4. The van der Waals surface area contributed by atoms with Gasteiger partial charge in [-0.15, -0.1) is 0 Å². The van der Waals surface area contributed by atoms with E-state index in [1.165, 1.54) is 31.3 Å². The zero-order chi connectivity index (χ0) is 20.4. The van der Waals surface area contributed by atoms with E-state index in [9.17, 15) is 26.3 Å². The molecule has 0 fully saturated rings. The Hall–Kier alpha value is -2.07. The van der Waals surface area contributed by atoms with E-state index in [4.69, 9.17) is 17.0 Å². The molecule has 0 saturated heterocycles. The highest BCUT2D eigenvalue weighted by Crippen LogP contribution is 2.39. The lowest BCUT2D eigenvalue weighted by molar-refractivity contribution is -0.137. The predicted molar refractivity (Wildman–Crippen MR) is 94.6 cm³/mol. The van der Waals surface area contributed by atoms with Crippen LogP contribution < -0.4 is 10.2 Å². The van der Waals surface area contributed by atoms with E-state index in [0.717, 1.165) is 23.1 Å². The maximum atomic E-state index is 12.8. The van der Waals surface area contributed by atoms with Crippen molar-refractivity contribution in [2.24, 2.45) is 0 Å². The Morgan fingerprint density at radius 3 is 2.33 bits per heavy atom. The Labute approximate surface area is 159 Å². The molecule has 0 amide bonds. The second-order valence-electron chi connectivity index (χ2n) is 5.27. The number of benzene rings is 2. The first kappa shape index (κ1) is 21.2. The van der Waals surface area contributed by atoms with Gasteiger partial charge in [0, 0.05) is 17.6 Å². The fraction of sp³-hybridized carbons (Fsp3) is 0.188. The molecular formula is C16H12ClF6N3S. The van der Waals surface area contributed by atoms with Crippen molar-refractivity contribution in [2.45, 2.75) is 16.6 Å². The fourth-order valence-electron chi connectivity index (χ4n) is 2.06. The van der Waals surface area contributed by atoms with E-state index in [2.05, 4.69) is 5.32 Å². The summed E-state index contributed by atoms with van der Waals surface area (Å²) >= 11 is 5.65. The predicted octanol–water partition coefficient (Wildman–Crippen LogP) is 6.45. The molecule has 0 unspecified atom stereocenters. The number of nitrogens with one attached hydrogen (secondary N) is 2. The lowest BCUT2D eigenvalue weighted by Crippen LogP contribution is -2.32. The quantitative estimate of drug-likeness (QED) is 0.256. The Balaban J connectivity index is 2.21. The van der Waals surface area contributed by atoms with Gasteiger partial charge in [0.05, 0.1) is 16.3 Å². The summed E-state index contributed by atoms with van der Waals surface area (Å²) in [5, 5.41) is 10.5. The smallest absolute Gasteiger partial charge is 0.326 e. The van der Waals surface area contributed by atoms with Gasteiger partial charge in [-0.25, -0.2) is 0 Å². The van der Waals surface area contributed by atoms with Gasteiger partial charge in [0.1, 0.15) is 0 Å². The van der Waals surface area contributed by atoms with Gasteiger partial charge in [0.15, 0.2) is 5.96 Å². The molecule has 0 spiro atoms. The summed E-state index contributed by atoms with van der Waals surface area (Å²) in [6.07, 6.45) is -4.54. The van der Waals surface area contributed by atoms with Crippen LogP contribution in [0.25, 0.3) is 0 Å². The van der Waals surface area contributed by atoms with Crippen molar-refractivity contribution in [1.29, 1.82) is 5.41 Å². The number of alkyl halides is 6. The third-order valence-electron chi connectivity index (χ3n) is 3.30. The molecular weight excluding hydrogens is 416 g/mol. The lowest BCUT2D eigenvalue weighted by Gasteiger charge is -2.23. The molecule has 2 aromatic carbocycles. The monoisotopic (exact) mass is 427 g/mol. The van der Waals surface area contributed by atoms with Gasteiger partial charge in [-0.2, -0.15) is 26.3 Å². The summed E-state index contributed by atoms with van der Waals surface area (Å²) in [6.45, 7) is 0. The summed E-state index contributed by atoms with van der Waals surface area (Å²) in [7, 11) is 1.35. The number of thioether (sulfide) groups is 1. The number of hydrogen-bond acceptors (Lipinski definition) is 2. The largest absolute Gasteiger partial charge is 0.446 e. The number of halogens is 7. The van der Waals surface area contributed by atoms with Gasteiger partial charge in [-0.05, 0) is 48.2 Å². The van der Waals surface area contributed by atoms with Crippen LogP contribution in [0.3, 0.4) is 0 Å². The number of guanidine groups is 1. The molecule has 2 N–H and O–H groups in total. The number of anilines is 2. The van der Waals surface area contributed by atoms with Gasteiger partial charge < -0.3 is 10.2 Å². The summed E-state index contributed by atoms with van der Waals surface area (Å²) < 4.78 is 75.8. The topological polar surface area (TPSA) is 39.1 Å². The van der Waals surface area contributed by atoms with Crippen molar-refractivity contribution in [3.63, 3.8) is 0 Å². The molecule has 146 valence electrons. The van der Waals surface area contributed by atoms with Crippen molar-refractivity contribution in [3.8, 4) is 0 Å². The maximum absolute atomic E-state index is 12.8. The van der Waals surface area contributed by atoms with E-state index in [1.54, 1.807) is 0 Å². The van der Waals surface area contributed by atoms with E-state index >= 15 is 0 Å². The SMILES string of the molecule is CN(C(=N)Nc1cccc(C(F)(F)F)c1)c1cc(SC(F)(F)F)ccc1Cl. The van der Waals surface area contributed by atoms with Crippen LogP contribution in [0.15, 0.2) is 47.4 Å². The molecule has 0 aliphatic carbocycles. The second-order valence-corrected chi connectivity index (χ2v) is 6.82. The number of hydrogen-bond donors (Lipinski definition) is 2. The summed E-state index contributed by atoms with van der Waals surface area (Å²) in [5.41, 5.74) is -5.30. The van der Waals surface area contributed by atoms with Crippen molar-refractivity contribution in [1.82, 2.24) is 0 Å². The Morgan fingerprint density at radius 2 is 1.74 bits per heavy atom. The van der Waals surface area contributed by atoms with Crippen molar-refractivity contribution in [2.75, 3.05) is 17.3 Å². The van der Waals surface area contributed by atoms with Gasteiger partial charge in [-0.1, -0.05) is 17.7 Å². The lowest BCUT2D eigenvalue weighted by atomic mass is 10.2. The number of rotatable bonds is 3. The molecule has 0 saturated carbocycles. The summed E-state index contributed by atoms with van der Waals surface area (Å²) in [6, 6.07) is 7.78. The Bertz CT molecular complexity index is 838. The van der Waals surface area contributed by atoms with Crippen LogP contribution in [-0.4, -0.2) is 18.5 Å². The molecule has 0 aliphatic rings. The highest BCUT2D eigenvalue weighted by Gasteiger charge is 2.31. The van der Waals surface area contributed by atoms with E-state index in [1.807, 2.05) is 0 Å². The summed E-state index contributed by atoms with van der Waals surface area (Å²) in [5.74, 6) is -0.370. The molecule has 0 bridgehead atoms. The fourth-order valence-corrected chi connectivity index (χ4v) is 2.88. The van der Waals surface area contributed by atoms with Gasteiger partial charge in [-0.3, -0.25) is 5.41 Å². The molecule has 0 heterocycles. The molecule has 11 heteroatoms. The third-order valence-corrected chi connectivity index (χ3v) is 4.34. The number of nitrogens with zero attached hydrogens (tertiary/aromatic N) is 1.